The Kier molecular flexibility index (Phi) is 9.78. The third kappa shape index (κ3) is 7.06. The normalized spacial score (nSPS) is 12.1. The second-order valence-electron chi connectivity index (χ2n) is 5.48. The fourth-order valence-corrected chi connectivity index (χ4v) is 2.12. The van der Waals surface area contributed by atoms with Gasteiger partial charge in [-0.05, 0) is 38.1 Å². The summed E-state index contributed by atoms with van der Waals surface area (Å²) < 4.78 is 12.7. The molecule has 0 bridgehead atoms. The number of rotatable bonds is 8. The van der Waals surface area contributed by atoms with Crippen molar-refractivity contribution < 1.29 is 9.47 Å². The minimum absolute atomic E-state index is 0. The quantitative estimate of drug-likeness (QED) is 0.346. The Morgan fingerprint density at radius 1 is 1.23 bits per heavy atom. The van der Waals surface area contributed by atoms with E-state index in [4.69, 9.17) is 9.47 Å². The van der Waals surface area contributed by atoms with E-state index in [1.54, 1.807) is 11.8 Å². The highest BCUT2D eigenvalue weighted by Crippen LogP contribution is 2.17. The Morgan fingerprint density at radius 3 is 2.50 bits per heavy atom. The van der Waals surface area contributed by atoms with Gasteiger partial charge in [0, 0.05) is 13.6 Å². The lowest BCUT2D eigenvalue weighted by Crippen LogP contribution is -2.41. The van der Waals surface area contributed by atoms with Crippen LogP contribution >= 0.6 is 24.0 Å². The summed E-state index contributed by atoms with van der Waals surface area (Å²) in [5.74, 6) is 3.13. The average molecular weight is 474 g/mol. The van der Waals surface area contributed by atoms with Gasteiger partial charge in [-0.1, -0.05) is 0 Å². The van der Waals surface area contributed by atoms with E-state index in [0.29, 0.717) is 13.1 Å². The van der Waals surface area contributed by atoms with Crippen LogP contribution in [0.3, 0.4) is 0 Å². The van der Waals surface area contributed by atoms with Gasteiger partial charge >= 0.3 is 0 Å². The molecule has 0 saturated heterocycles. The fourth-order valence-electron chi connectivity index (χ4n) is 2.12. The molecule has 0 amide bonds. The van der Waals surface area contributed by atoms with Gasteiger partial charge in [-0.25, -0.2) is 9.98 Å². The van der Waals surface area contributed by atoms with Crippen molar-refractivity contribution in [1.82, 2.24) is 25.4 Å². The van der Waals surface area contributed by atoms with Crippen LogP contribution in [-0.2, 0) is 13.6 Å². The minimum Gasteiger partial charge on any atom is -0.497 e. The molecule has 0 aliphatic heterocycles. The van der Waals surface area contributed by atoms with Gasteiger partial charge < -0.3 is 20.1 Å². The Hall–Kier alpha value is -2.04. The molecule has 0 aliphatic carbocycles. The topological polar surface area (TPSA) is 85.6 Å². The van der Waals surface area contributed by atoms with Crippen molar-refractivity contribution in [3.8, 4) is 11.5 Å². The van der Waals surface area contributed by atoms with E-state index in [-0.39, 0.29) is 30.1 Å². The largest absolute Gasteiger partial charge is 0.497 e. The van der Waals surface area contributed by atoms with Crippen LogP contribution in [0.4, 0.5) is 0 Å². The molecule has 26 heavy (non-hydrogen) atoms. The second-order valence-corrected chi connectivity index (χ2v) is 5.48. The summed E-state index contributed by atoms with van der Waals surface area (Å²) in [5.41, 5.74) is 0. The van der Waals surface area contributed by atoms with Gasteiger partial charge in [0.1, 0.15) is 36.3 Å². The minimum atomic E-state index is -0.0212. The lowest BCUT2D eigenvalue weighted by atomic mass is 10.3. The maximum Gasteiger partial charge on any atom is 0.191 e. The molecule has 0 fully saturated rings. The van der Waals surface area contributed by atoms with E-state index in [1.807, 2.05) is 45.2 Å². The Bertz CT molecular complexity index is 674. The Labute approximate surface area is 171 Å². The third-order valence-corrected chi connectivity index (χ3v) is 3.48. The van der Waals surface area contributed by atoms with Crippen LogP contribution in [0.1, 0.15) is 19.7 Å². The predicted octanol–water partition coefficient (Wildman–Crippen LogP) is 1.96. The predicted molar refractivity (Wildman–Crippen MR) is 112 cm³/mol. The number of aliphatic imine (C=N–C) groups is 1. The van der Waals surface area contributed by atoms with E-state index in [1.165, 1.54) is 6.33 Å². The van der Waals surface area contributed by atoms with Gasteiger partial charge in [0.2, 0.25) is 0 Å². The van der Waals surface area contributed by atoms with Gasteiger partial charge in [0.05, 0.1) is 13.7 Å². The number of methoxy groups -OCH3 is 1. The molecular formula is C17H27IN6O2. The molecule has 144 valence electrons. The lowest BCUT2D eigenvalue weighted by molar-refractivity contribution is 0.223. The molecule has 1 aromatic carbocycles. The van der Waals surface area contributed by atoms with Crippen molar-refractivity contribution in [3.05, 3.63) is 36.4 Å². The van der Waals surface area contributed by atoms with E-state index in [2.05, 4.69) is 25.7 Å². The monoisotopic (exact) mass is 474 g/mol. The standard InChI is InChI=1S/C17H26N6O2.HI/c1-5-18-17(20-11-16-21-12-22-23(16)3)19-10-13(2)25-15-8-6-14(24-4)7-9-15;/h6-9,12-13H,5,10-11H2,1-4H3,(H2,18,19,20);1H. The van der Waals surface area contributed by atoms with Gasteiger partial charge in [0.25, 0.3) is 0 Å². The molecule has 0 saturated carbocycles. The van der Waals surface area contributed by atoms with Gasteiger partial charge in [-0.3, -0.25) is 4.68 Å². The van der Waals surface area contributed by atoms with Gasteiger partial charge in [-0.15, -0.1) is 24.0 Å². The third-order valence-electron chi connectivity index (χ3n) is 3.48. The molecule has 0 aliphatic rings. The summed E-state index contributed by atoms with van der Waals surface area (Å²) in [4.78, 5) is 8.68. The molecule has 1 heterocycles. The molecule has 0 spiro atoms. The number of hydrogen-bond donors (Lipinski definition) is 2. The summed E-state index contributed by atoms with van der Waals surface area (Å²) in [7, 11) is 3.49. The van der Waals surface area contributed by atoms with E-state index < -0.39 is 0 Å². The zero-order valence-corrected chi connectivity index (χ0v) is 17.9. The summed E-state index contributed by atoms with van der Waals surface area (Å²) in [5, 5.41) is 10.5. The smallest absolute Gasteiger partial charge is 0.191 e. The van der Waals surface area contributed by atoms with Gasteiger partial charge in [0.15, 0.2) is 5.96 Å². The molecule has 8 nitrogen and oxygen atoms in total. The summed E-state index contributed by atoms with van der Waals surface area (Å²) in [6.07, 6.45) is 1.50. The van der Waals surface area contributed by atoms with E-state index in [0.717, 1.165) is 29.8 Å². The Morgan fingerprint density at radius 2 is 1.92 bits per heavy atom. The first-order chi connectivity index (χ1) is 12.1. The van der Waals surface area contributed by atoms with Crippen molar-refractivity contribution in [1.29, 1.82) is 0 Å². The molecule has 1 unspecified atom stereocenters. The number of guanidine groups is 1. The van der Waals surface area contributed by atoms with Crippen molar-refractivity contribution in [2.24, 2.45) is 12.0 Å². The molecule has 2 N–H and O–H groups in total. The van der Waals surface area contributed by atoms with Crippen LogP contribution in [0.15, 0.2) is 35.6 Å². The number of benzene rings is 1. The van der Waals surface area contributed by atoms with Crippen LogP contribution in [0, 0.1) is 0 Å². The van der Waals surface area contributed by atoms with Gasteiger partial charge in [-0.2, -0.15) is 5.10 Å². The van der Waals surface area contributed by atoms with Crippen LogP contribution in [-0.4, -0.2) is 47.0 Å². The molecule has 2 aromatic rings. The van der Waals surface area contributed by atoms with Crippen molar-refractivity contribution in [2.75, 3.05) is 20.2 Å². The number of nitrogens with one attached hydrogen (secondary N) is 2. The van der Waals surface area contributed by atoms with E-state index >= 15 is 0 Å². The number of nitrogens with zero attached hydrogens (tertiary/aromatic N) is 4. The van der Waals surface area contributed by atoms with Crippen LogP contribution in [0.2, 0.25) is 0 Å². The highest BCUT2D eigenvalue weighted by molar-refractivity contribution is 14.0. The molecule has 0 radical (unpaired) electrons. The van der Waals surface area contributed by atoms with Crippen molar-refractivity contribution in [3.63, 3.8) is 0 Å². The number of aryl methyl sites for hydroxylation is 1. The fraction of sp³-hybridized carbons (Fsp3) is 0.471. The second kappa shape index (κ2) is 11.6. The number of aromatic nitrogens is 3. The van der Waals surface area contributed by atoms with Crippen LogP contribution in [0.25, 0.3) is 0 Å². The summed E-state index contributed by atoms with van der Waals surface area (Å²) in [6.45, 7) is 5.88. The molecular weight excluding hydrogens is 447 g/mol. The van der Waals surface area contributed by atoms with Crippen molar-refractivity contribution >= 4 is 29.9 Å². The molecule has 1 aromatic heterocycles. The maximum atomic E-state index is 5.88. The summed E-state index contributed by atoms with van der Waals surface area (Å²) in [6, 6.07) is 7.54. The van der Waals surface area contributed by atoms with Crippen LogP contribution < -0.4 is 20.1 Å². The number of hydrogen-bond acceptors (Lipinski definition) is 5. The zero-order valence-electron chi connectivity index (χ0n) is 15.6. The maximum absolute atomic E-state index is 5.88. The molecule has 1 atom stereocenters. The zero-order chi connectivity index (χ0) is 18.1. The van der Waals surface area contributed by atoms with Crippen molar-refractivity contribution in [2.45, 2.75) is 26.5 Å². The number of ether oxygens (including phenoxy) is 2. The van der Waals surface area contributed by atoms with Crippen LogP contribution in [0.5, 0.6) is 11.5 Å². The highest BCUT2D eigenvalue weighted by atomic mass is 127. The van der Waals surface area contributed by atoms with E-state index in [9.17, 15) is 0 Å². The Balaban J connectivity index is 0.00000338. The molecule has 9 heteroatoms. The number of halogens is 1. The summed E-state index contributed by atoms with van der Waals surface area (Å²) >= 11 is 0. The first-order valence-electron chi connectivity index (χ1n) is 8.28. The first-order valence-corrected chi connectivity index (χ1v) is 8.28. The lowest BCUT2D eigenvalue weighted by Gasteiger charge is -2.17. The average Bonchev–Trinajstić information content (AvgIpc) is 3.03. The highest BCUT2D eigenvalue weighted by Gasteiger charge is 2.07. The first kappa shape index (κ1) is 22.0. The molecule has 2 rings (SSSR count). The SMILES string of the molecule is CCNC(=NCc1ncnn1C)NCC(C)Oc1ccc(OC)cc1.I.